The lowest BCUT2D eigenvalue weighted by Crippen LogP contribution is -2.61. The highest BCUT2D eigenvalue weighted by molar-refractivity contribution is 4.92. The third kappa shape index (κ3) is 3.11. The summed E-state index contributed by atoms with van der Waals surface area (Å²) >= 11 is 0. The predicted octanol–water partition coefficient (Wildman–Crippen LogP) is 1.13. The van der Waals surface area contributed by atoms with Crippen LogP contribution in [-0.4, -0.2) is 54.0 Å². The molecule has 1 aliphatic carbocycles. The van der Waals surface area contributed by atoms with Gasteiger partial charge < -0.3 is 10.4 Å². The third-order valence-corrected chi connectivity index (χ3v) is 3.78. The number of hydrogen-bond acceptors (Lipinski definition) is 3. The van der Waals surface area contributed by atoms with Gasteiger partial charge in [0.1, 0.15) is 0 Å². The van der Waals surface area contributed by atoms with E-state index in [0.29, 0.717) is 0 Å². The first-order chi connectivity index (χ1) is 7.98. The van der Waals surface area contributed by atoms with Crippen LogP contribution in [0.15, 0.2) is 0 Å². The predicted molar refractivity (Wildman–Crippen MR) is 57.7 cm³/mol. The van der Waals surface area contributed by atoms with E-state index in [2.05, 4.69) is 5.32 Å². The fraction of sp³-hybridized carbons (Fsp3) is 1.00. The van der Waals surface area contributed by atoms with E-state index in [4.69, 9.17) is 0 Å². The molecule has 100 valence electrons. The standard InChI is InChI=1S/C11H19F3N2O/c12-11(13,14)10(17)7-16(9-5-15-6-9)8-3-1-2-4-8/h8-10,15,17H,1-7H2. The van der Waals surface area contributed by atoms with Crippen molar-refractivity contribution in [3.05, 3.63) is 0 Å². The van der Waals surface area contributed by atoms with Crippen molar-refractivity contribution in [2.75, 3.05) is 19.6 Å². The Labute approximate surface area is 99.0 Å². The van der Waals surface area contributed by atoms with Crippen LogP contribution in [0.1, 0.15) is 25.7 Å². The average Bonchev–Trinajstić information content (AvgIpc) is 2.64. The van der Waals surface area contributed by atoms with Gasteiger partial charge in [-0.05, 0) is 12.8 Å². The molecule has 2 fully saturated rings. The molecule has 1 aliphatic heterocycles. The molecule has 2 aliphatic rings. The van der Waals surface area contributed by atoms with Crippen molar-refractivity contribution in [2.45, 2.75) is 50.0 Å². The summed E-state index contributed by atoms with van der Waals surface area (Å²) in [6.45, 7) is 1.20. The van der Waals surface area contributed by atoms with Gasteiger partial charge in [0, 0.05) is 31.7 Å². The highest BCUT2D eigenvalue weighted by atomic mass is 19.4. The van der Waals surface area contributed by atoms with E-state index in [0.717, 1.165) is 38.8 Å². The summed E-state index contributed by atoms with van der Waals surface area (Å²) in [5.74, 6) is 0. The smallest absolute Gasteiger partial charge is 0.382 e. The van der Waals surface area contributed by atoms with Crippen LogP contribution in [0.5, 0.6) is 0 Å². The Morgan fingerprint density at radius 1 is 1.18 bits per heavy atom. The van der Waals surface area contributed by atoms with Crippen LogP contribution in [0, 0.1) is 0 Å². The molecule has 1 saturated heterocycles. The normalized spacial score (nSPS) is 25.2. The zero-order chi connectivity index (χ0) is 12.5. The second kappa shape index (κ2) is 5.12. The maximum Gasteiger partial charge on any atom is 0.415 e. The molecule has 1 heterocycles. The number of hydrogen-bond donors (Lipinski definition) is 2. The molecule has 2 rings (SSSR count). The van der Waals surface area contributed by atoms with E-state index in [1.54, 1.807) is 0 Å². The van der Waals surface area contributed by atoms with E-state index in [1.165, 1.54) is 0 Å². The van der Waals surface area contributed by atoms with Gasteiger partial charge in [-0.1, -0.05) is 12.8 Å². The topological polar surface area (TPSA) is 35.5 Å². The third-order valence-electron chi connectivity index (χ3n) is 3.78. The van der Waals surface area contributed by atoms with Gasteiger partial charge in [-0.2, -0.15) is 13.2 Å². The summed E-state index contributed by atoms with van der Waals surface area (Å²) in [5.41, 5.74) is 0. The molecule has 0 aromatic carbocycles. The van der Waals surface area contributed by atoms with Crippen LogP contribution in [0.4, 0.5) is 13.2 Å². The van der Waals surface area contributed by atoms with Gasteiger partial charge in [-0.25, -0.2) is 0 Å². The Morgan fingerprint density at radius 2 is 1.76 bits per heavy atom. The molecule has 2 N–H and O–H groups in total. The molecule has 1 atom stereocenters. The van der Waals surface area contributed by atoms with E-state index >= 15 is 0 Å². The number of rotatable bonds is 4. The molecule has 1 saturated carbocycles. The zero-order valence-corrected chi connectivity index (χ0v) is 9.71. The summed E-state index contributed by atoms with van der Waals surface area (Å²) in [5, 5.41) is 12.3. The lowest BCUT2D eigenvalue weighted by Gasteiger charge is -2.42. The van der Waals surface area contributed by atoms with Gasteiger partial charge in [0.15, 0.2) is 6.10 Å². The molecule has 0 aromatic rings. The minimum absolute atomic E-state index is 0.162. The molecule has 0 aromatic heterocycles. The summed E-state index contributed by atoms with van der Waals surface area (Å²) in [7, 11) is 0. The van der Waals surface area contributed by atoms with Crippen molar-refractivity contribution in [1.82, 2.24) is 10.2 Å². The van der Waals surface area contributed by atoms with Crippen LogP contribution in [-0.2, 0) is 0 Å². The number of nitrogens with one attached hydrogen (secondary N) is 1. The van der Waals surface area contributed by atoms with Gasteiger partial charge in [-0.3, -0.25) is 4.90 Å². The summed E-state index contributed by atoms with van der Waals surface area (Å²) < 4.78 is 37.2. The number of aliphatic hydroxyl groups excluding tert-OH is 1. The zero-order valence-electron chi connectivity index (χ0n) is 9.71. The van der Waals surface area contributed by atoms with Crippen molar-refractivity contribution < 1.29 is 18.3 Å². The molecular weight excluding hydrogens is 233 g/mol. The van der Waals surface area contributed by atoms with Gasteiger partial charge in [-0.15, -0.1) is 0 Å². The maximum atomic E-state index is 12.4. The molecule has 0 spiro atoms. The number of alkyl halides is 3. The Kier molecular flexibility index (Phi) is 3.95. The number of halogens is 3. The van der Waals surface area contributed by atoms with Crippen molar-refractivity contribution in [3.8, 4) is 0 Å². The average molecular weight is 252 g/mol. The highest BCUT2D eigenvalue weighted by Gasteiger charge is 2.42. The fourth-order valence-electron chi connectivity index (χ4n) is 2.64. The molecule has 6 heteroatoms. The highest BCUT2D eigenvalue weighted by Crippen LogP contribution is 2.29. The van der Waals surface area contributed by atoms with Crippen molar-refractivity contribution in [3.63, 3.8) is 0 Å². The Balaban J connectivity index is 1.95. The molecule has 0 radical (unpaired) electrons. The van der Waals surface area contributed by atoms with E-state index in [-0.39, 0.29) is 18.6 Å². The molecule has 1 unspecified atom stereocenters. The van der Waals surface area contributed by atoms with Crippen LogP contribution in [0.3, 0.4) is 0 Å². The molecule has 0 bridgehead atoms. The Morgan fingerprint density at radius 3 is 2.18 bits per heavy atom. The minimum atomic E-state index is -4.51. The fourth-order valence-corrected chi connectivity index (χ4v) is 2.64. The first-order valence-corrected chi connectivity index (χ1v) is 6.19. The molecule has 17 heavy (non-hydrogen) atoms. The lowest BCUT2D eigenvalue weighted by molar-refractivity contribution is -0.211. The monoisotopic (exact) mass is 252 g/mol. The minimum Gasteiger partial charge on any atom is -0.382 e. The SMILES string of the molecule is OC(CN(C1CCCC1)C1CNC1)C(F)(F)F. The van der Waals surface area contributed by atoms with Gasteiger partial charge in [0.25, 0.3) is 0 Å². The molecular formula is C11H19F3N2O. The first kappa shape index (κ1) is 13.1. The van der Waals surface area contributed by atoms with Gasteiger partial charge in [0.05, 0.1) is 0 Å². The largest absolute Gasteiger partial charge is 0.415 e. The van der Waals surface area contributed by atoms with Gasteiger partial charge >= 0.3 is 6.18 Å². The van der Waals surface area contributed by atoms with E-state index < -0.39 is 12.3 Å². The lowest BCUT2D eigenvalue weighted by atomic mass is 10.0. The quantitative estimate of drug-likeness (QED) is 0.787. The summed E-state index contributed by atoms with van der Waals surface area (Å²) in [6, 6.07) is 0.384. The van der Waals surface area contributed by atoms with Crippen LogP contribution < -0.4 is 5.32 Å². The van der Waals surface area contributed by atoms with Crippen LogP contribution in [0.25, 0.3) is 0 Å². The van der Waals surface area contributed by atoms with Crippen LogP contribution in [0.2, 0.25) is 0 Å². The van der Waals surface area contributed by atoms with Crippen molar-refractivity contribution >= 4 is 0 Å². The van der Waals surface area contributed by atoms with Gasteiger partial charge in [0.2, 0.25) is 0 Å². The second-order valence-electron chi connectivity index (χ2n) is 5.00. The Hall–Kier alpha value is -0.330. The van der Waals surface area contributed by atoms with Crippen molar-refractivity contribution in [1.29, 1.82) is 0 Å². The first-order valence-electron chi connectivity index (χ1n) is 6.19. The van der Waals surface area contributed by atoms with E-state index in [1.807, 2.05) is 4.90 Å². The van der Waals surface area contributed by atoms with Crippen molar-refractivity contribution in [2.24, 2.45) is 0 Å². The second-order valence-corrected chi connectivity index (χ2v) is 5.00. The molecule has 3 nitrogen and oxygen atoms in total. The maximum absolute atomic E-state index is 12.4. The van der Waals surface area contributed by atoms with E-state index in [9.17, 15) is 18.3 Å². The molecule has 0 amide bonds. The number of aliphatic hydroxyl groups is 1. The number of nitrogens with zero attached hydrogens (tertiary/aromatic N) is 1. The summed E-state index contributed by atoms with van der Waals surface area (Å²) in [4.78, 5) is 1.86. The Bertz CT molecular complexity index is 250. The van der Waals surface area contributed by atoms with Crippen LogP contribution >= 0.6 is 0 Å². The summed E-state index contributed by atoms with van der Waals surface area (Å²) in [6.07, 6.45) is -2.63.